The van der Waals surface area contributed by atoms with Gasteiger partial charge in [0, 0.05) is 41.5 Å². The number of carbonyl (C=O) groups excluding carboxylic acids is 1. The molecule has 0 bridgehead atoms. The van der Waals surface area contributed by atoms with Gasteiger partial charge in [-0.25, -0.2) is 9.78 Å². The fraction of sp³-hybridized carbons (Fsp3) is 0.500. The van der Waals surface area contributed by atoms with Crippen molar-refractivity contribution in [1.29, 1.82) is 0 Å². The molecule has 2 aromatic heterocycles. The molecule has 1 saturated carbocycles. The number of rotatable bonds is 12. The molecule has 3 heterocycles. The Morgan fingerprint density at radius 2 is 1.78 bits per heavy atom. The minimum atomic E-state index is -1.24. The summed E-state index contributed by atoms with van der Waals surface area (Å²) in [6, 6.07) is 14.0. The van der Waals surface area contributed by atoms with Gasteiger partial charge < -0.3 is 25.6 Å². The zero-order valence-electron chi connectivity index (χ0n) is 30.2. The molecule has 6 rings (SSSR count). The van der Waals surface area contributed by atoms with Crippen LogP contribution in [0.1, 0.15) is 107 Å². The van der Waals surface area contributed by atoms with Gasteiger partial charge in [0.25, 0.3) is 0 Å². The Labute approximate surface area is 294 Å². The van der Waals surface area contributed by atoms with Gasteiger partial charge in [0.15, 0.2) is 11.8 Å². The molecule has 2 fully saturated rings. The number of aromatic hydroxyl groups is 1. The van der Waals surface area contributed by atoms with Crippen LogP contribution in [0.5, 0.6) is 5.75 Å². The van der Waals surface area contributed by atoms with E-state index < -0.39 is 23.6 Å². The van der Waals surface area contributed by atoms with Crippen LogP contribution >= 0.6 is 0 Å². The molecule has 1 aliphatic heterocycles. The first-order valence-corrected chi connectivity index (χ1v) is 17.9. The minimum absolute atomic E-state index is 0.0274. The van der Waals surface area contributed by atoms with Crippen LogP contribution in [-0.4, -0.2) is 55.4 Å². The highest BCUT2D eigenvalue weighted by Gasteiger charge is 2.38. The average Bonchev–Trinajstić information content (AvgIpc) is 3.60. The summed E-state index contributed by atoms with van der Waals surface area (Å²) in [5.74, 6) is 0.905. The van der Waals surface area contributed by atoms with Crippen LogP contribution in [0, 0.1) is 24.2 Å². The Hall–Kier alpha value is -4.44. The number of piperidine rings is 1. The topological polar surface area (TPSA) is 143 Å². The van der Waals surface area contributed by atoms with Gasteiger partial charge in [-0.3, -0.25) is 4.79 Å². The molecule has 4 aromatic rings. The Balaban J connectivity index is 1.37. The van der Waals surface area contributed by atoms with Gasteiger partial charge in [0.1, 0.15) is 11.6 Å². The van der Waals surface area contributed by atoms with Crippen molar-refractivity contribution in [2.24, 2.45) is 23.0 Å². The van der Waals surface area contributed by atoms with Gasteiger partial charge in [-0.2, -0.15) is 9.61 Å². The highest BCUT2D eigenvalue weighted by molar-refractivity contribution is 5.95. The zero-order chi connectivity index (χ0) is 36.0. The number of anilines is 1. The van der Waals surface area contributed by atoms with Gasteiger partial charge in [0.05, 0.1) is 16.9 Å². The number of hydrogen-bond donors (Lipinski definition) is 3. The van der Waals surface area contributed by atoms with Crippen molar-refractivity contribution in [3.8, 4) is 28.1 Å². The van der Waals surface area contributed by atoms with E-state index in [1.54, 1.807) is 10.6 Å². The van der Waals surface area contributed by atoms with E-state index >= 15 is 0 Å². The Morgan fingerprint density at radius 3 is 2.42 bits per heavy atom. The smallest absolute Gasteiger partial charge is 0.337 e. The SMILES string of the molecule is Cc1nc2cc(-c3cccc(-c4cc(C(N)=O)ccc4O)c3)nn2c(N2CCC(C)(CCCCC3CC3C)CC2)c1C(OC(C)(C)C)C(=O)O. The third-order valence-corrected chi connectivity index (χ3v) is 10.7. The van der Waals surface area contributed by atoms with Gasteiger partial charge in [0.2, 0.25) is 5.91 Å². The largest absolute Gasteiger partial charge is 0.507 e. The molecule has 10 heteroatoms. The number of carboxylic acid groups (broad SMARTS) is 1. The number of phenolic OH excluding ortho intramolecular Hbond substituents is 1. The van der Waals surface area contributed by atoms with Crippen molar-refractivity contribution in [3.05, 3.63) is 65.4 Å². The number of aliphatic carboxylic acids is 1. The van der Waals surface area contributed by atoms with Gasteiger partial charge in [-0.05, 0) is 100 Å². The van der Waals surface area contributed by atoms with Crippen molar-refractivity contribution in [2.45, 2.75) is 98.2 Å². The third-order valence-electron chi connectivity index (χ3n) is 10.7. The van der Waals surface area contributed by atoms with Crippen molar-refractivity contribution in [2.75, 3.05) is 18.0 Å². The van der Waals surface area contributed by atoms with E-state index in [4.69, 9.17) is 20.6 Å². The molecule has 266 valence electrons. The molecule has 4 N–H and O–H groups in total. The number of primary amides is 1. The minimum Gasteiger partial charge on any atom is -0.507 e. The van der Waals surface area contributed by atoms with E-state index in [1.165, 1.54) is 44.2 Å². The number of hydrogen-bond acceptors (Lipinski definition) is 7. The lowest BCUT2D eigenvalue weighted by Gasteiger charge is -2.41. The van der Waals surface area contributed by atoms with Crippen LogP contribution in [0.2, 0.25) is 0 Å². The van der Waals surface area contributed by atoms with Gasteiger partial charge in [-0.15, -0.1) is 0 Å². The fourth-order valence-electron chi connectivity index (χ4n) is 7.49. The van der Waals surface area contributed by atoms with E-state index in [2.05, 4.69) is 18.7 Å². The molecular formula is C40H51N5O5. The standard InChI is InChI=1S/C40H51N5O5/c1-24-20-26(24)10-7-8-15-40(6)16-18-44(19-17-40)37-34(35(38(48)49)50-39(3,4)5)25(2)42-33-23-31(43-45(33)37)28-12-9-11-27(21-28)30-22-29(36(41)47)13-14-32(30)46/h9,11-14,21-24,26,35,46H,7-8,10,15-20H2,1-6H3,(H2,41,47)(H,48,49). The quantitative estimate of drug-likeness (QED) is 0.128. The summed E-state index contributed by atoms with van der Waals surface area (Å²) < 4.78 is 7.99. The molecule has 1 aliphatic carbocycles. The second kappa shape index (κ2) is 13.7. The molecule has 0 spiro atoms. The van der Waals surface area contributed by atoms with Crippen molar-refractivity contribution in [1.82, 2.24) is 14.6 Å². The Bertz CT molecular complexity index is 1900. The van der Waals surface area contributed by atoms with Gasteiger partial charge >= 0.3 is 5.97 Å². The lowest BCUT2D eigenvalue weighted by molar-refractivity contribution is -0.160. The van der Waals surface area contributed by atoms with Crippen LogP contribution in [0.4, 0.5) is 5.82 Å². The summed E-state index contributed by atoms with van der Waals surface area (Å²) in [7, 11) is 0. The summed E-state index contributed by atoms with van der Waals surface area (Å²) in [6.45, 7) is 13.7. The second-order valence-corrected chi connectivity index (χ2v) is 15.9. The maximum Gasteiger partial charge on any atom is 0.337 e. The Kier molecular flexibility index (Phi) is 9.70. The lowest BCUT2D eigenvalue weighted by atomic mass is 9.76. The molecule has 2 aromatic carbocycles. The number of phenols is 1. The monoisotopic (exact) mass is 681 g/mol. The average molecular weight is 682 g/mol. The first kappa shape index (κ1) is 35.4. The molecule has 2 aliphatic rings. The van der Waals surface area contributed by atoms with Crippen LogP contribution in [0.3, 0.4) is 0 Å². The van der Waals surface area contributed by atoms with Gasteiger partial charge in [-0.1, -0.05) is 51.3 Å². The van der Waals surface area contributed by atoms with E-state index in [0.29, 0.717) is 45.1 Å². The number of carbonyl (C=O) groups is 2. The van der Waals surface area contributed by atoms with Crippen LogP contribution < -0.4 is 10.6 Å². The normalized spacial score (nSPS) is 19.4. The second-order valence-electron chi connectivity index (χ2n) is 15.9. The molecule has 50 heavy (non-hydrogen) atoms. The number of nitrogens with two attached hydrogens (primary N) is 1. The highest BCUT2D eigenvalue weighted by Crippen LogP contribution is 2.44. The molecule has 3 unspecified atom stereocenters. The zero-order valence-corrected chi connectivity index (χ0v) is 30.2. The number of nitrogens with zero attached hydrogens (tertiary/aromatic N) is 4. The van der Waals surface area contributed by atoms with Crippen LogP contribution in [0.25, 0.3) is 28.0 Å². The molecule has 0 radical (unpaired) electrons. The first-order valence-electron chi connectivity index (χ1n) is 17.9. The number of ether oxygens (including phenoxy) is 1. The Morgan fingerprint density at radius 1 is 1.08 bits per heavy atom. The summed E-state index contributed by atoms with van der Waals surface area (Å²) in [5.41, 5.74) is 9.60. The summed E-state index contributed by atoms with van der Waals surface area (Å²) in [5, 5.41) is 26.2. The van der Waals surface area contributed by atoms with Crippen LogP contribution in [0.15, 0.2) is 48.5 Å². The van der Waals surface area contributed by atoms with E-state index in [9.17, 15) is 19.8 Å². The maximum absolute atomic E-state index is 12.9. The predicted molar refractivity (Wildman–Crippen MR) is 195 cm³/mol. The third kappa shape index (κ3) is 7.65. The molecule has 10 nitrogen and oxygen atoms in total. The molecule has 1 saturated heterocycles. The molecule has 3 atom stereocenters. The number of aromatic nitrogens is 3. The summed E-state index contributed by atoms with van der Waals surface area (Å²) in [6.07, 6.45) is 7.22. The number of benzene rings is 2. The summed E-state index contributed by atoms with van der Waals surface area (Å²) >= 11 is 0. The first-order chi connectivity index (χ1) is 23.6. The molecular weight excluding hydrogens is 630 g/mol. The number of amides is 1. The van der Waals surface area contributed by atoms with E-state index in [-0.39, 0.29) is 11.2 Å². The fourth-order valence-corrected chi connectivity index (χ4v) is 7.49. The van der Waals surface area contributed by atoms with E-state index in [0.717, 1.165) is 43.3 Å². The number of aryl methyl sites for hydroxylation is 1. The lowest BCUT2D eigenvalue weighted by Crippen LogP contribution is -2.41. The van der Waals surface area contributed by atoms with E-state index in [1.807, 2.05) is 58.0 Å². The number of unbranched alkanes of at least 4 members (excludes halogenated alkanes) is 1. The number of fused-ring (bicyclic) bond motifs is 1. The van der Waals surface area contributed by atoms with Crippen molar-refractivity contribution >= 4 is 23.3 Å². The van der Waals surface area contributed by atoms with Crippen molar-refractivity contribution in [3.63, 3.8) is 0 Å². The molecule has 1 amide bonds. The highest BCUT2D eigenvalue weighted by atomic mass is 16.5. The number of carboxylic acids is 1. The maximum atomic E-state index is 12.9. The van der Waals surface area contributed by atoms with Crippen molar-refractivity contribution < 1.29 is 24.5 Å². The van der Waals surface area contributed by atoms with Crippen LogP contribution in [-0.2, 0) is 9.53 Å². The predicted octanol–water partition coefficient (Wildman–Crippen LogP) is 7.94. The summed E-state index contributed by atoms with van der Waals surface area (Å²) in [4.78, 5) is 31.9.